The first-order chi connectivity index (χ1) is 15.0. The summed E-state index contributed by atoms with van der Waals surface area (Å²) >= 11 is 0. The quantitative estimate of drug-likeness (QED) is 0.577. The predicted octanol–water partition coefficient (Wildman–Crippen LogP) is 4.37. The van der Waals surface area contributed by atoms with Crippen molar-refractivity contribution in [3.8, 4) is 11.1 Å². The van der Waals surface area contributed by atoms with Gasteiger partial charge >= 0.3 is 12.1 Å². The van der Waals surface area contributed by atoms with Gasteiger partial charge in [-0.05, 0) is 61.6 Å². The van der Waals surface area contributed by atoms with Crippen LogP contribution >= 0.6 is 0 Å². The molecule has 1 aromatic carbocycles. The van der Waals surface area contributed by atoms with E-state index in [1.54, 1.807) is 19.2 Å². The van der Waals surface area contributed by atoms with Gasteiger partial charge in [-0.2, -0.15) is 13.2 Å². The van der Waals surface area contributed by atoms with Gasteiger partial charge in [-0.25, -0.2) is 9.18 Å². The fourth-order valence-corrected chi connectivity index (χ4v) is 3.10. The molecule has 0 radical (unpaired) electrons. The van der Waals surface area contributed by atoms with E-state index in [4.69, 9.17) is 9.90 Å². The van der Waals surface area contributed by atoms with Crippen LogP contribution in [0.4, 0.5) is 17.6 Å². The Morgan fingerprint density at radius 1 is 1.19 bits per heavy atom. The Bertz CT molecular complexity index is 1170. The van der Waals surface area contributed by atoms with Gasteiger partial charge in [0.1, 0.15) is 12.4 Å². The maximum Gasteiger partial charge on any atom is 0.490 e. The lowest BCUT2D eigenvalue weighted by atomic mass is 9.97. The first-order valence-electron chi connectivity index (χ1n) is 9.78. The normalized spacial score (nSPS) is 13.4. The number of nitrogens with zero attached hydrogens (tertiary/aromatic N) is 2. The van der Waals surface area contributed by atoms with Gasteiger partial charge in [0, 0.05) is 24.0 Å². The van der Waals surface area contributed by atoms with Crippen molar-refractivity contribution >= 4 is 22.9 Å². The Kier molecular flexibility index (Phi) is 6.52. The van der Waals surface area contributed by atoms with Crippen LogP contribution in [0.25, 0.3) is 22.2 Å². The summed E-state index contributed by atoms with van der Waals surface area (Å²) in [6.07, 6.45) is 0.757. The number of aliphatic carboxylic acids is 1. The van der Waals surface area contributed by atoms with Crippen molar-refractivity contribution in [2.45, 2.75) is 45.5 Å². The lowest BCUT2D eigenvalue weighted by molar-refractivity contribution is -0.192. The largest absolute Gasteiger partial charge is 0.490 e. The zero-order valence-electron chi connectivity index (χ0n) is 17.3. The smallest absolute Gasteiger partial charge is 0.475 e. The molecule has 2 aromatic heterocycles. The Labute approximate surface area is 180 Å². The highest BCUT2D eigenvalue weighted by atomic mass is 19.4. The number of carbonyl (C=O) groups excluding carboxylic acids is 1. The van der Waals surface area contributed by atoms with Crippen LogP contribution < -0.4 is 5.32 Å². The van der Waals surface area contributed by atoms with Crippen molar-refractivity contribution in [1.82, 2.24) is 14.9 Å². The molecule has 3 aromatic rings. The van der Waals surface area contributed by atoms with Gasteiger partial charge in [0.15, 0.2) is 0 Å². The number of carboxylic acid groups (broad SMARTS) is 1. The fraction of sp³-hybridized carbons (Fsp3) is 0.318. The van der Waals surface area contributed by atoms with Crippen LogP contribution in [0.5, 0.6) is 0 Å². The Balaban J connectivity index is 0.000000360. The molecule has 0 aliphatic heterocycles. The molecule has 1 fully saturated rings. The number of aromatic nitrogens is 2. The average molecular weight is 451 g/mol. The van der Waals surface area contributed by atoms with E-state index in [0.29, 0.717) is 11.6 Å². The van der Waals surface area contributed by atoms with Crippen molar-refractivity contribution in [2.24, 2.45) is 0 Å². The second-order valence-corrected chi connectivity index (χ2v) is 7.56. The van der Waals surface area contributed by atoms with Gasteiger partial charge in [0.25, 0.3) is 0 Å². The molecule has 32 heavy (non-hydrogen) atoms. The van der Waals surface area contributed by atoms with Crippen LogP contribution in [0.2, 0.25) is 0 Å². The van der Waals surface area contributed by atoms with Crippen LogP contribution in [0.15, 0.2) is 36.7 Å². The minimum atomic E-state index is -5.08. The van der Waals surface area contributed by atoms with Gasteiger partial charge in [0.2, 0.25) is 5.91 Å². The van der Waals surface area contributed by atoms with Crippen molar-refractivity contribution in [2.75, 3.05) is 0 Å². The van der Waals surface area contributed by atoms with Crippen LogP contribution in [-0.4, -0.2) is 38.8 Å². The van der Waals surface area contributed by atoms with E-state index in [2.05, 4.69) is 10.3 Å². The number of carbonyl (C=O) groups is 2. The van der Waals surface area contributed by atoms with E-state index in [9.17, 15) is 22.4 Å². The summed E-state index contributed by atoms with van der Waals surface area (Å²) in [5.74, 6) is -2.93. The molecule has 170 valence electrons. The van der Waals surface area contributed by atoms with E-state index in [-0.39, 0.29) is 18.3 Å². The molecule has 1 aliphatic carbocycles. The Morgan fingerprint density at radius 2 is 1.84 bits per heavy atom. The maximum atomic E-state index is 13.7. The predicted molar refractivity (Wildman–Crippen MR) is 109 cm³/mol. The van der Waals surface area contributed by atoms with Crippen molar-refractivity contribution in [1.29, 1.82) is 0 Å². The highest BCUT2D eigenvalue weighted by molar-refractivity contribution is 5.84. The van der Waals surface area contributed by atoms with Crippen LogP contribution in [-0.2, 0) is 16.1 Å². The summed E-state index contributed by atoms with van der Waals surface area (Å²) in [6.45, 7) is 3.98. The number of nitrogens with one attached hydrogen (secondary N) is 1. The third-order valence-corrected chi connectivity index (χ3v) is 5.15. The number of fused-ring (bicyclic) bond motifs is 1. The van der Waals surface area contributed by atoms with Crippen LogP contribution in [0.1, 0.15) is 24.0 Å². The zero-order chi connectivity index (χ0) is 23.6. The second-order valence-electron chi connectivity index (χ2n) is 7.56. The monoisotopic (exact) mass is 451 g/mol. The summed E-state index contributed by atoms with van der Waals surface area (Å²) in [7, 11) is 0. The number of amides is 1. The van der Waals surface area contributed by atoms with Gasteiger partial charge in [0.05, 0.1) is 11.0 Å². The van der Waals surface area contributed by atoms with Crippen LogP contribution in [0.3, 0.4) is 0 Å². The van der Waals surface area contributed by atoms with E-state index in [1.165, 1.54) is 6.07 Å². The zero-order valence-corrected chi connectivity index (χ0v) is 17.3. The molecule has 4 rings (SSSR count). The lowest BCUT2D eigenvalue weighted by Crippen LogP contribution is -2.29. The molecule has 10 heteroatoms. The molecule has 1 amide bonds. The van der Waals surface area contributed by atoms with Gasteiger partial charge in [-0.15, -0.1) is 0 Å². The summed E-state index contributed by atoms with van der Waals surface area (Å²) in [6, 6.07) is 7.56. The lowest BCUT2D eigenvalue weighted by Gasteiger charge is -2.11. The molecule has 0 unspecified atom stereocenters. The number of alkyl halides is 3. The number of rotatable bonds is 4. The molecule has 0 bridgehead atoms. The summed E-state index contributed by atoms with van der Waals surface area (Å²) in [4.78, 5) is 25.5. The fourth-order valence-electron chi connectivity index (χ4n) is 3.10. The number of hydrogen-bond donors (Lipinski definition) is 2. The van der Waals surface area contributed by atoms with E-state index in [0.717, 1.165) is 40.6 Å². The molecular weight excluding hydrogens is 430 g/mol. The molecular formula is C22H21F4N3O3. The SMILES string of the molecule is Cc1c(F)ccc(-c2cnc3ccn(CC(=O)NC4CC4)c3c2)c1C.O=C(O)C(F)(F)F. The number of halogens is 4. The molecule has 6 nitrogen and oxygen atoms in total. The first-order valence-corrected chi connectivity index (χ1v) is 9.78. The molecule has 0 atom stereocenters. The van der Waals surface area contributed by atoms with Crippen molar-refractivity contribution in [3.63, 3.8) is 0 Å². The van der Waals surface area contributed by atoms with Crippen LogP contribution in [0, 0.1) is 19.7 Å². The topological polar surface area (TPSA) is 84.2 Å². The van der Waals surface area contributed by atoms with Gasteiger partial charge < -0.3 is 15.0 Å². The number of pyridine rings is 1. The Hall–Kier alpha value is -3.43. The first kappa shape index (κ1) is 23.2. The number of hydrogen-bond acceptors (Lipinski definition) is 3. The average Bonchev–Trinajstić information content (AvgIpc) is 3.44. The highest BCUT2D eigenvalue weighted by Crippen LogP contribution is 2.29. The van der Waals surface area contributed by atoms with E-state index in [1.807, 2.05) is 29.8 Å². The van der Waals surface area contributed by atoms with Gasteiger partial charge in [-0.3, -0.25) is 9.78 Å². The highest BCUT2D eigenvalue weighted by Gasteiger charge is 2.38. The minimum Gasteiger partial charge on any atom is -0.475 e. The summed E-state index contributed by atoms with van der Waals surface area (Å²) in [5.41, 5.74) is 5.20. The Morgan fingerprint density at radius 3 is 2.44 bits per heavy atom. The third-order valence-electron chi connectivity index (χ3n) is 5.15. The third kappa shape index (κ3) is 5.43. The molecule has 0 saturated heterocycles. The number of benzene rings is 1. The van der Waals surface area contributed by atoms with E-state index < -0.39 is 12.1 Å². The molecule has 0 spiro atoms. The van der Waals surface area contributed by atoms with Gasteiger partial charge in [-0.1, -0.05) is 6.07 Å². The molecule has 2 N–H and O–H groups in total. The van der Waals surface area contributed by atoms with E-state index >= 15 is 0 Å². The standard InChI is InChI=1S/C20H20FN3O.C2HF3O2/c1-12-13(2)17(21)6-5-16(12)14-9-19-18(22-10-14)7-8-24(19)11-20(25)23-15-3-4-15;3-2(4,5)1(6)7/h5-10,15H,3-4,11H2,1-2H3,(H,23,25);(H,6,7). The molecule has 1 saturated carbocycles. The van der Waals surface area contributed by atoms with Crippen molar-refractivity contribution < 1.29 is 32.3 Å². The maximum absolute atomic E-state index is 13.7. The minimum absolute atomic E-state index is 0.0270. The summed E-state index contributed by atoms with van der Waals surface area (Å²) in [5, 5.41) is 10.1. The van der Waals surface area contributed by atoms with Crippen molar-refractivity contribution in [3.05, 3.63) is 53.6 Å². The molecule has 2 heterocycles. The second kappa shape index (κ2) is 8.97. The number of carboxylic acids is 1. The molecule has 1 aliphatic rings. The summed E-state index contributed by atoms with van der Waals surface area (Å²) < 4.78 is 47.4.